The van der Waals surface area contributed by atoms with Gasteiger partial charge < -0.3 is 0 Å². The molecule has 0 radical (unpaired) electrons. The number of aromatic nitrogens is 1. The predicted molar refractivity (Wildman–Crippen MR) is 79.7 cm³/mol. The first-order valence-corrected chi connectivity index (χ1v) is 6.70. The van der Waals surface area contributed by atoms with Gasteiger partial charge in [-0.05, 0) is 28.9 Å². The normalized spacial score (nSPS) is 17.6. The highest BCUT2D eigenvalue weighted by molar-refractivity contribution is 5.33. The Kier molecular flexibility index (Phi) is 4.37. The molecule has 0 aliphatic heterocycles. The van der Waals surface area contributed by atoms with Crippen LogP contribution in [0.15, 0.2) is 30.5 Å². The lowest BCUT2D eigenvalue weighted by molar-refractivity contribution is 0.415. The maximum absolute atomic E-state index is 4.37. The molecule has 0 fully saturated rings. The minimum absolute atomic E-state index is 0.246. The molecule has 0 N–H and O–H groups in total. The molecular weight excluding hydrogens is 218 g/mol. The van der Waals surface area contributed by atoms with Crippen LogP contribution in [0.1, 0.15) is 52.8 Å². The zero-order chi connectivity index (χ0) is 14.0. The third-order valence-electron chi connectivity index (χ3n) is 2.95. The number of nitrogens with zero attached hydrogens (tertiary/aromatic N) is 1. The molecule has 1 heterocycles. The van der Waals surface area contributed by atoms with Crippen molar-refractivity contribution in [1.82, 2.24) is 4.98 Å². The second-order valence-electron chi connectivity index (χ2n) is 7.45. The molecule has 1 nitrogen and oxygen atoms in total. The van der Waals surface area contributed by atoms with E-state index in [4.69, 9.17) is 0 Å². The van der Waals surface area contributed by atoms with Crippen molar-refractivity contribution in [2.75, 3.05) is 0 Å². The van der Waals surface area contributed by atoms with Crippen LogP contribution in [0.2, 0.25) is 0 Å². The van der Waals surface area contributed by atoms with Gasteiger partial charge in [-0.1, -0.05) is 59.8 Å². The summed E-state index contributed by atoms with van der Waals surface area (Å²) in [6.45, 7) is 17.4. The SMILES string of the molecule is C=C1Cc2ncccc2CC1(C)C.CC(C)(C)C. The van der Waals surface area contributed by atoms with Crippen LogP contribution in [-0.4, -0.2) is 4.98 Å². The van der Waals surface area contributed by atoms with Crippen molar-refractivity contribution in [3.05, 3.63) is 41.7 Å². The van der Waals surface area contributed by atoms with Gasteiger partial charge in [0.1, 0.15) is 0 Å². The van der Waals surface area contributed by atoms with E-state index in [9.17, 15) is 0 Å². The molecule has 18 heavy (non-hydrogen) atoms. The summed E-state index contributed by atoms with van der Waals surface area (Å²) in [5.74, 6) is 0. The van der Waals surface area contributed by atoms with E-state index in [1.54, 1.807) is 0 Å². The van der Waals surface area contributed by atoms with Crippen molar-refractivity contribution in [2.24, 2.45) is 10.8 Å². The lowest BCUT2D eigenvalue weighted by atomic mass is 9.73. The summed E-state index contributed by atoms with van der Waals surface area (Å²) in [6, 6.07) is 4.19. The summed E-state index contributed by atoms with van der Waals surface area (Å²) in [5.41, 5.74) is 4.65. The number of rotatable bonds is 0. The zero-order valence-electron chi connectivity index (χ0n) is 12.8. The first-order valence-electron chi connectivity index (χ1n) is 6.70. The molecule has 0 amide bonds. The summed E-state index contributed by atoms with van der Waals surface area (Å²) in [4.78, 5) is 4.37. The van der Waals surface area contributed by atoms with Crippen molar-refractivity contribution in [3.8, 4) is 0 Å². The molecule has 0 unspecified atom stereocenters. The number of fused-ring (bicyclic) bond motifs is 1. The van der Waals surface area contributed by atoms with Gasteiger partial charge >= 0.3 is 0 Å². The Balaban J connectivity index is 0.000000280. The van der Waals surface area contributed by atoms with Crippen LogP contribution >= 0.6 is 0 Å². The maximum Gasteiger partial charge on any atom is 0.0476 e. The Labute approximate surface area is 112 Å². The van der Waals surface area contributed by atoms with Crippen molar-refractivity contribution in [1.29, 1.82) is 0 Å². The van der Waals surface area contributed by atoms with Gasteiger partial charge in [0.25, 0.3) is 0 Å². The van der Waals surface area contributed by atoms with Crippen LogP contribution in [0, 0.1) is 10.8 Å². The van der Waals surface area contributed by atoms with Gasteiger partial charge in [0.2, 0.25) is 0 Å². The van der Waals surface area contributed by atoms with Gasteiger partial charge in [0.15, 0.2) is 0 Å². The summed E-state index contributed by atoms with van der Waals surface area (Å²) in [7, 11) is 0. The Morgan fingerprint density at radius 1 is 1.22 bits per heavy atom. The van der Waals surface area contributed by atoms with E-state index < -0.39 is 0 Å². The van der Waals surface area contributed by atoms with Gasteiger partial charge in [-0.3, -0.25) is 4.98 Å². The van der Waals surface area contributed by atoms with Crippen molar-refractivity contribution < 1.29 is 0 Å². The molecule has 0 saturated heterocycles. The highest BCUT2D eigenvalue weighted by Crippen LogP contribution is 2.36. The topological polar surface area (TPSA) is 12.9 Å². The zero-order valence-corrected chi connectivity index (χ0v) is 12.8. The first kappa shape index (κ1) is 14.9. The Morgan fingerprint density at radius 2 is 1.78 bits per heavy atom. The highest BCUT2D eigenvalue weighted by atomic mass is 14.7. The van der Waals surface area contributed by atoms with E-state index >= 15 is 0 Å². The molecule has 1 aliphatic carbocycles. The minimum atomic E-state index is 0.246. The van der Waals surface area contributed by atoms with Crippen molar-refractivity contribution in [2.45, 2.75) is 54.4 Å². The second kappa shape index (κ2) is 5.26. The Hall–Kier alpha value is -1.11. The molecule has 1 aromatic rings. The number of hydrogen-bond donors (Lipinski definition) is 0. The molecule has 1 aliphatic rings. The van der Waals surface area contributed by atoms with Crippen LogP contribution in [0.3, 0.4) is 0 Å². The molecule has 0 bridgehead atoms. The third-order valence-corrected chi connectivity index (χ3v) is 2.95. The fraction of sp³-hybridized carbons (Fsp3) is 0.588. The summed E-state index contributed by atoms with van der Waals surface area (Å²) < 4.78 is 0. The molecule has 0 spiro atoms. The maximum atomic E-state index is 4.37. The fourth-order valence-corrected chi connectivity index (χ4v) is 1.83. The van der Waals surface area contributed by atoms with Crippen LogP contribution in [0.25, 0.3) is 0 Å². The summed E-state index contributed by atoms with van der Waals surface area (Å²) in [5, 5.41) is 0. The Bertz CT molecular complexity index is 415. The quantitative estimate of drug-likeness (QED) is 0.597. The molecule has 0 aromatic carbocycles. The minimum Gasteiger partial charge on any atom is -0.261 e. The standard InChI is InChI=1S/C12H15N.C5H12/c1-9-7-11-10(5-4-6-13-11)8-12(9,2)3;1-5(2,3)4/h4-6H,1,7-8H2,2-3H3;1-4H3. The molecule has 0 saturated carbocycles. The number of allylic oxidation sites excluding steroid dienone is 1. The van der Waals surface area contributed by atoms with Crippen molar-refractivity contribution in [3.63, 3.8) is 0 Å². The van der Waals surface area contributed by atoms with E-state index in [0.29, 0.717) is 5.41 Å². The van der Waals surface area contributed by atoms with Crippen molar-refractivity contribution >= 4 is 0 Å². The van der Waals surface area contributed by atoms with Crippen LogP contribution in [0.4, 0.5) is 0 Å². The second-order valence-corrected chi connectivity index (χ2v) is 7.45. The monoisotopic (exact) mass is 245 g/mol. The Morgan fingerprint density at radius 3 is 2.33 bits per heavy atom. The number of hydrogen-bond acceptors (Lipinski definition) is 1. The summed E-state index contributed by atoms with van der Waals surface area (Å²) >= 11 is 0. The van der Waals surface area contributed by atoms with Crippen LogP contribution < -0.4 is 0 Å². The summed E-state index contributed by atoms with van der Waals surface area (Å²) in [6.07, 6.45) is 3.89. The molecule has 1 aromatic heterocycles. The smallest absolute Gasteiger partial charge is 0.0476 e. The molecule has 100 valence electrons. The van der Waals surface area contributed by atoms with Gasteiger partial charge in [0, 0.05) is 18.3 Å². The van der Waals surface area contributed by atoms with Gasteiger partial charge in [-0.15, -0.1) is 0 Å². The van der Waals surface area contributed by atoms with E-state index in [1.165, 1.54) is 16.8 Å². The highest BCUT2D eigenvalue weighted by Gasteiger charge is 2.28. The first-order chi connectivity index (χ1) is 8.09. The van der Waals surface area contributed by atoms with Gasteiger partial charge in [-0.25, -0.2) is 0 Å². The molecular formula is C17H27N. The van der Waals surface area contributed by atoms with E-state index in [1.807, 2.05) is 12.3 Å². The van der Waals surface area contributed by atoms with E-state index in [-0.39, 0.29) is 5.41 Å². The average molecular weight is 245 g/mol. The van der Waals surface area contributed by atoms with Gasteiger partial charge in [0.05, 0.1) is 0 Å². The van der Waals surface area contributed by atoms with E-state index in [2.05, 4.69) is 59.2 Å². The predicted octanol–water partition coefficient (Wildman–Crippen LogP) is 4.82. The molecule has 1 heteroatoms. The van der Waals surface area contributed by atoms with Crippen LogP contribution in [-0.2, 0) is 12.8 Å². The third kappa shape index (κ3) is 4.64. The van der Waals surface area contributed by atoms with E-state index in [0.717, 1.165) is 12.8 Å². The largest absolute Gasteiger partial charge is 0.261 e. The lowest BCUT2D eigenvalue weighted by Gasteiger charge is -2.33. The number of pyridine rings is 1. The lowest BCUT2D eigenvalue weighted by Crippen LogP contribution is -2.25. The fourth-order valence-electron chi connectivity index (χ4n) is 1.83. The molecule has 2 rings (SSSR count). The van der Waals surface area contributed by atoms with Crippen LogP contribution in [0.5, 0.6) is 0 Å². The molecule has 0 atom stereocenters. The van der Waals surface area contributed by atoms with Gasteiger partial charge in [-0.2, -0.15) is 0 Å². The average Bonchev–Trinajstić information content (AvgIpc) is 2.16.